The maximum Gasteiger partial charge on any atom is 0.238 e. The Morgan fingerprint density at radius 3 is 2.79 bits per heavy atom. The van der Waals surface area contributed by atoms with E-state index in [1.54, 1.807) is 0 Å². The third kappa shape index (κ3) is 4.93. The molecular formula is C14H20BrN3O. The predicted molar refractivity (Wildman–Crippen MR) is 81.2 cm³/mol. The Kier molecular flexibility index (Phi) is 5.36. The van der Waals surface area contributed by atoms with Crippen LogP contribution in [-0.2, 0) is 4.79 Å². The molecule has 0 spiro atoms. The Balaban J connectivity index is 1.66. The third-order valence-electron chi connectivity index (χ3n) is 3.34. The van der Waals surface area contributed by atoms with E-state index in [1.165, 1.54) is 6.42 Å². The van der Waals surface area contributed by atoms with Crippen LogP contribution in [0.1, 0.15) is 6.42 Å². The highest BCUT2D eigenvalue weighted by Crippen LogP contribution is 2.14. The fourth-order valence-electron chi connectivity index (χ4n) is 2.32. The first-order valence-electron chi connectivity index (χ1n) is 6.58. The summed E-state index contributed by atoms with van der Waals surface area (Å²) in [7, 11) is 2.14. The summed E-state index contributed by atoms with van der Waals surface area (Å²) in [5.74, 6) is 0.680. The van der Waals surface area contributed by atoms with E-state index < -0.39 is 0 Å². The van der Waals surface area contributed by atoms with Crippen LogP contribution in [0.4, 0.5) is 5.69 Å². The van der Waals surface area contributed by atoms with E-state index in [9.17, 15) is 4.79 Å². The van der Waals surface area contributed by atoms with E-state index in [-0.39, 0.29) is 5.91 Å². The van der Waals surface area contributed by atoms with Gasteiger partial charge in [0, 0.05) is 16.7 Å². The van der Waals surface area contributed by atoms with Crippen molar-refractivity contribution in [1.29, 1.82) is 0 Å². The molecule has 0 saturated carbocycles. The van der Waals surface area contributed by atoms with Gasteiger partial charge in [0.2, 0.25) is 5.91 Å². The topological polar surface area (TPSA) is 44.4 Å². The molecule has 1 fully saturated rings. The molecule has 1 aromatic rings. The predicted octanol–water partition coefficient (Wildman–Crippen LogP) is 1.93. The average molecular weight is 326 g/mol. The van der Waals surface area contributed by atoms with E-state index >= 15 is 0 Å². The van der Waals surface area contributed by atoms with Gasteiger partial charge in [-0.2, -0.15) is 0 Å². The van der Waals surface area contributed by atoms with E-state index in [0.717, 1.165) is 29.8 Å². The van der Waals surface area contributed by atoms with Crippen LogP contribution < -0.4 is 10.6 Å². The number of carbonyl (C=O) groups excluding carboxylic acids is 1. The number of carbonyl (C=O) groups is 1. The number of anilines is 1. The number of rotatable bonds is 5. The molecule has 1 heterocycles. The molecule has 1 saturated heterocycles. The lowest BCUT2D eigenvalue weighted by atomic mass is 10.1. The van der Waals surface area contributed by atoms with Gasteiger partial charge in [0.25, 0.3) is 0 Å². The van der Waals surface area contributed by atoms with Gasteiger partial charge >= 0.3 is 0 Å². The van der Waals surface area contributed by atoms with Crippen LogP contribution in [0.25, 0.3) is 0 Å². The van der Waals surface area contributed by atoms with Gasteiger partial charge in [-0.1, -0.05) is 15.9 Å². The minimum atomic E-state index is 0.00803. The van der Waals surface area contributed by atoms with Crippen molar-refractivity contribution in [2.45, 2.75) is 6.42 Å². The first-order chi connectivity index (χ1) is 9.13. The van der Waals surface area contributed by atoms with Crippen molar-refractivity contribution in [3.05, 3.63) is 28.7 Å². The molecule has 0 aliphatic carbocycles. The number of amides is 1. The minimum Gasteiger partial charge on any atom is -0.325 e. The fraction of sp³-hybridized carbons (Fsp3) is 0.500. The van der Waals surface area contributed by atoms with Gasteiger partial charge in [0.05, 0.1) is 6.54 Å². The van der Waals surface area contributed by atoms with Gasteiger partial charge in [-0.25, -0.2) is 0 Å². The lowest BCUT2D eigenvalue weighted by Crippen LogP contribution is -2.32. The monoisotopic (exact) mass is 325 g/mol. The maximum atomic E-state index is 11.7. The van der Waals surface area contributed by atoms with Crippen LogP contribution in [0.5, 0.6) is 0 Å². The van der Waals surface area contributed by atoms with Gasteiger partial charge < -0.3 is 15.5 Å². The largest absolute Gasteiger partial charge is 0.325 e. The number of nitrogens with one attached hydrogen (secondary N) is 2. The molecule has 0 bridgehead atoms. The van der Waals surface area contributed by atoms with Crippen LogP contribution >= 0.6 is 15.9 Å². The van der Waals surface area contributed by atoms with E-state index in [2.05, 4.69) is 38.5 Å². The zero-order chi connectivity index (χ0) is 13.7. The van der Waals surface area contributed by atoms with E-state index in [4.69, 9.17) is 0 Å². The van der Waals surface area contributed by atoms with Gasteiger partial charge in [0.15, 0.2) is 0 Å². The Morgan fingerprint density at radius 1 is 1.42 bits per heavy atom. The molecule has 2 rings (SSSR count). The first-order valence-corrected chi connectivity index (χ1v) is 7.37. The molecule has 2 N–H and O–H groups in total. The second-order valence-electron chi connectivity index (χ2n) is 5.10. The van der Waals surface area contributed by atoms with Crippen LogP contribution in [0.3, 0.4) is 0 Å². The maximum absolute atomic E-state index is 11.7. The first kappa shape index (κ1) is 14.5. The second-order valence-corrected chi connectivity index (χ2v) is 6.02. The fourth-order valence-corrected chi connectivity index (χ4v) is 2.59. The molecule has 5 heteroatoms. The van der Waals surface area contributed by atoms with Gasteiger partial charge in [-0.05, 0) is 56.7 Å². The quantitative estimate of drug-likeness (QED) is 0.869. The zero-order valence-corrected chi connectivity index (χ0v) is 12.7. The van der Waals surface area contributed by atoms with Crippen LogP contribution in [0, 0.1) is 5.92 Å². The molecule has 1 aliphatic rings. The summed E-state index contributed by atoms with van der Waals surface area (Å²) in [5.41, 5.74) is 0.829. The Morgan fingerprint density at radius 2 is 2.16 bits per heavy atom. The summed E-state index contributed by atoms with van der Waals surface area (Å²) < 4.78 is 1.01. The highest BCUT2D eigenvalue weighted by Gasteiger charge is 2.18. The Hall–Kier alpha value is -0.910. The van der Waals surface area contributed by atoms with Crippen molar-refractivity contribution in [2.24, 2.45) is 5.92 Å². The number of nitrogens with zero attached hydrogens (tertiary/aromatic N) is 1. The second kappa shape index (κ2) is 7.03. The van der Waals surface area contributed by atoms with E-state index in [0.29, 0.717) is 12.5 Å². The number of hydrogen-bond donors (Lipinski definition) is 2. The third-order valence-corrected chi connectivity index (χ3v) is 3.86. The number of likely N-dealkylation sites (tertiary alicyclic amines) is 1. The summed E-state index contributed by atoms with van der Waals surface area (Å²) in [6, 6.07) is 7.59. The highest BCUT2D eigenvalue weighted by atomic mass is 79.9. The van der Waals surface area contributed by atoms with E-state index in [1.807, 2.05) is 24.3 Å². The molecule has 0 aromatic heterocycles. The van der Waals surface area contributed by atoms with Gasteiger partial charge in [-0.3, -0.25) is 4.79 Å². The summed E-state index contributed by atoms with van der Waals surface area (Å²) >= 11 is 3.37. The molecule has 1 amide bonds. The molecule has 1 unspecified atom stereocenters. The van der Waals surface area contributed by atoms with Gasteiger partial charge in [0.1, 0.15) is 0 Å². The normalized spacial score (nSPS) is 19.6. The Labute approximate surface area is 122 Å². The van der Waals surface area contributed by atoms with Crippen molar-refractivity contribution in [2.75, 3.05) is 38.5 Å². The average Bonchev–Trinajstić information content (AvgIpc) is 2.78. The van der Waals surface area contributed by atoms with Gasteiger partial charge in [-0.15, -0.1) is 0 Å². The Bertz CT molecular complexity index is 421. The molecule has 19 heavy (non-hydrogen) atoms. The summed E-state index contributed by atoms with van der Waals surface area (Å²) in [6.45, 7) is 3.58. The number of halogens is 1. The molecule has 4 nitrogen and oxygen atoms in total. The molecule has 1 atom stereocenters. The lowest BCUT2D eigenvalue weighted by molar-refractivity contribution is -0.115. The van der Waals surface area contributed by atoms with Crippen LogP contribution in [0.15, 0.2) is 28.7 Å². The lowest BCUT2D eigenvalue weighted by Gasteiger charge is -2.11. The smallest absolute Gasteiger partial charge is 0.238 e. The molecule has 104 valence electrons. The van der Waals surface area contributed by atoms with Crippen molar-refractivity contribution in [1.82, 2.24) is 10.2 Å². The summed E-state index contributed by atoms with van der Waals surface area (Å²) in [6.07, 6.45) is 1.22. The molecule has 1 aromatic carbocycles. The summed E-state index contributed by atoms with van der Waals surface area (Å²) in [4.78, 5) is 14.1. The van der Waals surface area contributed by atoms with Crippen LogP contribution in [-0.4, -0.2) is 44.0 Å². The number of hydrogen-bond acceptors (Lipinski definition) is 3. The van der Waals surface area contributed by atoms with Crippen molar-refractivity contribution >= 4 is 27.5 Å². The molecule has 0 radical (unpaired) electrons. The molecular weight excluding hydrogens is 306 g/mol. The van der Waals surface area contributed by atoms with Crippen molar-refractivity contribution in [3.63, 3.8) is 0 Å². The standard InChI is InChI=1S/C14H20BrN3O/c1-18-7-6-11(10-18)8-16-9-14(19)17-13-4-2-12(15)3-5-13/h2-5,11,16H,6-10H2,1H3,(H,17,19). The van der Waals surface area contributed by atoms with Crippen molar-refractivity contribution < 1.29 is 4.79 Å². The highest BCUT2D eigenvalue weighted by molar-refractivity contribution is 9.10. The minimum absolute atomic E-state index is 0.00803. The SMILES string of the molecule is CN1CCC(CNCC(=O)Nc2ccc(Br)cc2)C1. The van der Waals surface area contributed by atoms with Crippen molar-refractivity contribution in [3.8, 4) is 0 Å². The summed E-state index contributed by atoms with van der Waals surface area (Å²) in [5, 5.41) is 6.10. The van der Waals surface area contributed by atoms with Crippen LogP contribution in [0.2, 0.25) is 0 Å². The number of benzene rings is 1. The zero-order valence-electron chi connectivity index (χ0n) is 11.2. The molecule has 1 aliphatic heterocycles.